The van der Waals surface area contributed by atoms with Gasteiger partial charge in [-0.25, -0.2) is 9.13 Å². The molecule has 2 aromatic rings. The molecule has 0 saturated heterocycles. The Kier molecular flexibility index (Phi) is 13.7. The monoisotopic (exact) mass is 429 g/mol. The third-order valence-electron chi connectivity index (χ3n) is 5.88. The zero-order valence-electron chi connectivity index (χ0n) is 19.7. The largest absolute Gasteiger partial charge is 0.289 e. The van der Waals surface area contributed by atoms with Crippen LogP contribution in [0.4, 0.5) is 0 Å². The Labute approximate surface area is 190 Å². The number of benzene rings is 1. The zero-order chi connectivity index (χ0) is 21.3. The van der Waals surface area contributed by atoms with E-state index in [0.29, 0.717) is 0 Å². The van der Waals surface area contributed by atoms with E-state index < -0.39 is 0 Å². The molecule has 0 saturated carbocycles. The summed E-state index contributed by atoms with van der Waals surface area (Å²) in [5.74, 6) is 3.69. The van der Waals surface area contributed by atoms with Gasteiger partial charge >= 0.3 is 0 Å². The van der Waals surface area contributed by atoms with Gasteiger partial charge in [0.25, 0.3) is 5.82 Å². The van der Waals surface area contributed by atoms with E-state index in [-0.39, 0.29) is 0 Å². The minimum atomic E-state index is 1.05. The predicted molar refractivity (Wildman–Crippen MR) is 134 cm³/mol. The molecule has 1 aromatic heterocycles. The van der Waals surface area contributed by atoms with E-state index in [9.17, 15) is 0 Å². The highest BCUT2D eigenvalue weighted by atomic mass is 32.2. The molecule has 0 bridgehead atoms. The number of unbranched alkanes of at least 4 members (excludes halogenated alkanes) is 11. The van der Waals surface area contributed by atoms with Crippen molar-refractivity contribution in [1.29, 1.82) is 0 Å². The lowest BCUT2D eigenvalue weighted by atomic mass is 10.1. The van der Waals surface area contributed by atoms with Crippen LogP contribution in [-0.4, -0.2) is 10.3 Å². The summed E-state index contributed by atoms with van der Waals surface area (Å²) in [7, 11) is 0. The van der Waals surface area contributed by atoms with Gasteiger partial charge in [0.1, 0.15) is 18.3 Å². The van der Waals surface area contributed by atoms with E-state index in [0.717, 1.165) is 12.4 Å². The van der Waals surface area contributed by atoms with Crippen LogP contribution >= 0.6 is 11.8 Å². The Hall–Kier alpha value is -1.22. The Morgan fingerprint density at radius 3 is 2.00 bits per heavy atom. The molecule has 2 nitrogen and oxygen atoms in total. The van der Waals surface area contributed by atoms with E-state index in [1.54, 1.807) is 0 Å². The quantitative estimate of drug-likeness (QED) is 0.171. The summed E-state index contributed by atoms with van der Waals surface area (Å²) in [4.78, 5) is 0. The molecule has 0 radical (unpaired) electrons. The molecule has 0 atom stereocenters. The minimum Gasteiger partial charge on any atom is -0.230 e. The van der Waals surface area contributed by atoms with Gasteiger partial charge in [-0.3, -0.25) is 0 Å². The predicted octanol–water partition coefficient (Wildman–Crippen LogP) is 8.24. The van der Waals surface area contributed by atoms with Crippen molar-refractivity contribution in [2.24, 2.45) is 0 Å². The second kappa shape index (κ2) is 16.5. The average molecular weight is 430 g/mol. The number of thioether (sulfide) groups is 1. The van der Waals surface area contributed by atoms with Crippen molar-refractivity contribution in [1.82, 2.24) is 4.57 Å². The number of nitrogens with zero attached hydrogens (tertiary/aromatic N) is 2. The van der Waals surface area contributed by atoms with Gasteiger partial charge in [-0.1, -0.05) is 96.3 Å². The van der Waals surface area contributed by atoms with Crippen LogP contribution in [0.1, 0.15) is 97.3 Å². The van der Waals surface area contributed by atoms with Gasteiger partial charge in [-0.15, -0.1) is 11.8 Å². The zero-order valence-corrected chi connectivity index (χ0v) is 20.5. The van der Waals surface area contributed by atoms with Crippen molar-refractivity contribution in [3.05, 3.63) is 42.7 Å². The molecule has 0 N–H and O–H groups in total. The molecule has 0 aliphatic heterocycles. The van der Waals surface area contributed by atoms with Crippen LogP contribution in [0, 0.1) is 0 Å². The van der Waals surface area contributed by atoms with Gasteiger partial charge in [0.15, 0.2) is 0 Å². The fourth-order valence-electron chi connectivity index (χ4n) is 4.06. The summed E-state index contributed by atoms with van der Waals surface area (Å²) in [6.07, 6.45) is 22.5. The van der Waals surface area contributed by atoms with E-state index >= 15 is 0 Å². The molecule has 168 valence electrons. The third-order valence-corrected chi connectivity index (χ3v) is 6.92. The highest BCUT2D eigenvalue weighted by Crippen LogP contribution is 2.19. The first-order chi connectivity index (χ1) is 14.9. The maximum absolute atomic E-state index is 2.48. The summed E-state index contributed by atoms with van der Waals surface area (Å²) in [6, 6.07) is 10.9. The summed E-state index contributed by atoms with van der Waals surface area (Å²) in [5.41, 5.74) is 1.34. The van der Waals surface area contributed by atoms with Crippen molar-refractivity contribution in [3.63, 3.8) is 0 Å². The number of hydrogen-bond acceptors (Lipinski definition) is 1. The fourth-order valence-corrected chi connectivity index (χ4v) is 5.00. The molecule has 0 unspecified atom stereocenters. The number of aryl methyl sites for hydroxylation is 1. The Morgan fingerprint density at radius 1 is 0.733 bits per heavy atom. The van der Waals surface area contributed by atoms with E-state index in [1.165, 1.54) is 101 Å². The minimum absolute atomic E-state index is 1.05. The number of hydrogen-bond donors (Lipinski definition) is 0. The average Bonchev–Trinajstić information content (AvgIpc) is 3.18. The molecule has 2 rings (SSSR count). The number of rotatable bonds is 18. The highest BCUT2D eigenvalue weighted by Gasteiger charge is 2.18. The van der Waals surface area contributed by atoms with Gasteiger partial charge in [-0.05, 0) is 37.1 Å². The Balaban J connectivity index is 1.78. The van der Waals surface area contributed by atoms with Crippen LogP contribution in [0.3, 0.4) is 0 Å². The number of imidazole rings is 1. The smallest absolute Gasteiger partial charge is 0.230 e. The van der Waals surface area contributed by atoms with Crippen LogP contribution in [0.2, 0.25) is 0 Å². The maximum atomic E-state index is 2.48. The second-order valence-electron chi connectivity index (χ2n) is 8.58. The number of aromatic nitrogens is 2. The standard InChI is InChI=1S/C27H45N2S/c1-3-5-7-8-9-10-11-12-13-17-21-28-22-23-29(25-30-24-18-6-4-2)27(28)26-19-15-14-16-20-26/h14-16,19-20,22-23H,3-13,17-18,21,24-25H2,1-2H3/q+1. The van der Waals surface area contributed by atoms with Crippen LogP contribution in [0.5, 0.6) is 0 Å². The summed E-state index contributed by atoms with van der Waals surface area (Å²) >= 11 is 2.06. The van der Waals surface area contributed by atoms with E-state index in [2.05, 4.69) is 77.5 Å². The first-order valence-electron chi connectivity index (χ1n) is 12.6. The van der Waals surface area contributed by atoms with Crippen molar-refractivity contribution < 1.29 is 4.57 Å². The van der Waals surface area contributed by atoms with Crippen molar-refractivity contribution >= 4 is 11.8 Å². The molecule has 0 amide bonds. The van der Waals surface area contributed by atoms with Gasteiger partial charge in [0, 0.05) is 0 Å². The molecule has 3 heteroatoms. The van der Waals surface area contributed by atoms with Crippen molar-refractivity contribution in [2.75, 3.05) is 5.75 Å². The maximum Gasteiger partial charge on any atom is 0.289 e. The fraction of sp³-hybridized carbons (Fsp3) is 0.667. The van der Waals surface area contributed by atoms with Gasteiger partial charge in [-0.2, -0.15) is 0 Å². The van der Waals surface area contributed by atoms with E-state index in [4.69, 9.17) is 0 Å². The van der Waals surface area contributed by atoms with Gasteiger partial charge in [0.05, 0.1) is 12.1 Å². The molecular weight excluding hydrogens is 384 g/mol. The highest BCUT2D eigenvalue weighted by molar-refractivity contribution is 7.98. The first kappa shape index (κ1) is 25.0. The molecule has 1 heterocycles. The van der Waals surface area contributed by atoms with Crippen LogP contribution in [-0.2, 0) is 12.4 Å². The molecule has 1 aromatic carbocycles. The van der Waals surface area contributed by atoms with Crippen molar-refractivity contribution in [2.45, 2.75) is 110 Å². The van der Waals surface area contributed by atoms with Crippen LogP contribution in [0.25, 0.3) is 11.4 Å². The first-order valence-corrected chi connectivity index (χ1v) is 13.7. The Morgan fingerprint density at radius 2 is 1.33 bits per heavy atom. The molecule has 0 aliphatic carbocycles. The normalized spacial score (nSPS) is 11.3. The van der Waals surface area contributed by atoms with E-state index in [1.807, 2.05) is 0 Å². The Bertz CT molecular complexity index is 650. The molecule has 0 aliphatic rings. The van der Waals surface area contributed by atoms with Crippen LogP contribution in [0.15, 0.2) is 42.7 Å². The van der Waals surface area contributed by atoms with Gasteiger partial charge in [0.2, 0.25) is 0 Å². The summed E-state index contributed by atoms with van der Waals surface area (Å²) < 4.78 is 4.93. The molecule has 30 heavy (non-hydrogen) atoms. The second-order valence-corrected chi connectivity index (χ2v) is 9.65. The third kappa shape index (κ3) is 9.73. The topological polar surface area (TPSA) is 8.81 Å². The molecule has 0 spiro atoms. The molecular formula is C27H45N2S+. The lowest BCUT2D eigenvalue weighted by molar-refractivity contribution is -0.664. The lowest BCUT2D eigenvalue weighted by Gasteiger charge is -2.06. The van der Waals surface area contributed by atoms with Crippen molar-refractivity contribution in [3.8, 4) is 11.4 Å². The summed E-state index contributed by atoms with van der Waals surface area (Å²) in [6.45, 7) is 5.71. The van der Waals surface area contributed by atoms with Crippen LogP contribution < -0.4 is 4.57 Å². The van der Waals surface area contributed by atoms with Gasteiger partial charge < -0.3 is 0 Å². The summed E-state index contributed by atoms with van der Waals surface area (Å²) in [5, 5.41) is 0. The lowest BCUT2D eigenvalue weighted by Crippen LogP contribution is -2.33. The SMILES string of the molecule is CCCCCCCCCCCCn1cc[n+](CSCCCCC)c1-c1ccccc1. The molecule has 0 fully saturated rings.